The van der Waals surface area contributed by atoms with Crippen LogP contribution in [0.25, 0.3) is 22.6 Å². The molecule has 0 aliphatic carbocycles. The molecule has 2 fully saturated rings. The second-order valence-corrected chi connectivity index (χ2v) is 12.1. The summed E-state index contributed by atoms with van der Waals surface area (Å²) in [7, 11) is 3.01. The predicted octanol–water partition coefficient (Wildman–Crippen LogP) is -1.60. The number of rotatable bonds is 10. The van der Waals surface area contributed by atoms with Crippen LogP contribution in [0.2, 0.25) is 0 Å². The van der Waals surface area contributed by atoms with E-state index in [1.807, 2.05) is 0 Å². The van der Waals surface area contributed by atoms with Gasteiger partial charge in [-0.3, -0.25) is 4.98 Å². The highest BCUT2D eigenvalue weighted by molar-refractivity contribution is 8.00. The third-order valence-electron chi connectivity index (χ3n) is 8.07. The topological polar surface area (TPSA) is 245 Å². The van der Waals surface area contributed by atoms with Crippen molar-refractivity contribution in [3.8, 4) is 34.3 Å². The molecule has 0 saturated carbocycles. The summed E-state index contributed by atoms with van der Waals surface area (Å²) >= 11 is 0.849. The maximum Gasteiger partial charge on any atom is 0.212 e. The van der Waals surface area contributed by atoms with E-state index in [0.717, 1.165) is 11.8 Å². The third kappa shape index (κ3) is 6.53. The molecule has 7 unspecified atom stereocenters. The molecule has 6 N–H and O–H groups in total. The molecule has 4 aromatic heterocycles. The van der Waals surface area contributed by atoms with Crippen LogP contribution >= 0.6 is 11.8 Å². The van der Waals surface area contributed by atoms with Gasteiger partial charge in [0.2, 0.25) is 5.88 Å². The van der Waals surface area contributed by atoms with Crippen molar-refractivity contribution in [2.24, 2.45) is 0 Å². The van der Waals surface area contributed by atoms with E-state index in [0.29, 0.717) is 34.3 Å². The van der Waals surface area contributed by atoms with Gasteiger partial charge in [0, 0.05) is 17.8 Å². The number of thioether (sulfide) groups is 1. The number of aliphatic hydroxyl groups excluding tert-OH is 6. The maximum absolute atomic E-state index is 11.5. The molecule has 2 saturated heterocycles. The number of aromatic nitrogens is 8. The maximum atomic E-state index is 11.5. The second-order valence-electron chi connectivity index (χ2n) is 10.9. The van der Waals surface area contributed by atoms with Crippen molar-refractivity contribution in [1.29, 1.82) is 0 Å². The summed E-state index contributed by atoms with van der Waals surface area (Å²) in [6, 6.07) is 4.48. The number of pyridine rings is 2. The van der Waals surface area contributed by atoms with Gasteiger partial charge in [0.05, 0.1) is 51.7 Å². The quantitative estimate of drug-likeness (QED) is 0.111. The van der Waals surface area contributed by atoms with E-state index >= 15 is 0 Å². The minimum absolute atomic E-state index is 0.356. The molecule has 2 aliphatic rings. The smallest absolute Gasteiger partial charge is 0.212 e. The van der Waals surface area contributed by atoms with Crippen LogP contribution < -0.4 is 9.47 Å². The molecule has 0 amide bonds. The molecule has 252 valence electrons. The van der Waals surface area contributed by atoms with E-state index in [-0.39, 0.29) is 0 Å². The summed E-state index contributed by atoms with van der Waals surface area (Å²) in [4.78, 5) is 8.45. The van der Waals surface area contributed by atoms with Crippen LogP contribution in [0.3, 0.4) is 0 Å². The first kappa shape index (κ1) is 33.1. The molecular weight excluding hydrogens is 640 g/mol. The Kier molecular flexibility index (Phi) is 9.96. The van der Waals surface area contributed by atoms with Crippen LogP contribution in [-0.2, 0) is 9.47 Å². The van der Waals surface area contributed by atoms with Crippen LogP contribution in [0.5, 0.6) is 11.6 Å². The molecule has 4 aromatic rings. The van der Waals surface area contributed by atoms with Gasteiger partial charge in [0.15, 0.2) is 0 Å². The van der Waals surface area contributed by atoms with Gasteiger partial charge in [-0.15, -0.1) is 10.2 Å². The Morgan fingerprint density at radius 2 is 1.30 bits per heavy atom. The van der Waals surface area contributed by atoms with Crippen molar-refractivity contribution in [1.82, 2.24) is 40.0 Å². The average Bonchev–Trinajstić information content (AvgIpc) is 3.78. The number of methoxy groups -OCH3 is 2. The first-order valence-electron chi connectivity index (χ1n) is 14.5. The van der Waals surface area contributed by atoms with E-state index in [1.54, 1.807) is 24.3 Å². The standard InChI is InChI=1S/C28H34N8O10S/c1-43-14-4-5-15(29-8-14)17-10-36(34-32-17)22-24(40)19(12-38)46-28(26(22)42)47-27-25(41)21(23(39)18(11-37)45-27)35-9-16(31-33-35)13-3-6-20(44-2)30-7-13/h3-10,18-19,21-28,37-42H,11-12H2,1-2H3/t18?,19-,21?,22?,23?,24?,25+,26?,27?,28+/m1/s1. The monoisotopic (exact) mass is 674 g/mol. The molecule has 0 radical (unpaired) electrons. The third-order valence-corrected chi connectivity index (χ3v) is 9.39. The Bertz CT molecular complexity index is 1490. The minimum atomic E-state index is -1.45. The first-order chi connectivity index (χ1) is 22.8. The Labute approximate surface area is 271 Å². The molecule has 47 heavy (non-hydrogen) atoms. The summed E-state index contributed by atoms with van der Waals surface area (Å²) in [5.41, 5.74) is -0.527. The molecule has 6 rings (SSSR count). The first-order valence-corrected chi connectivity index (χ1v) is 15.4. The SMILES string of the molecule is COc1ccc(-c2cn(C3C(O)[C@@H](CO)O[C@@H](SC4OC(CO)C(O)C(n5cc(-c6ccc(OC)nc6)nn5)[C@@H]4O)C3O)nn2)nc1. The van der Waals surface area contributed by atoms with Gasteiger partial charge >= 0.3 is 0 Å². The van der Waals surface area contributed by atoms with Gasteiger partial charge in [-0.25, -0.2) is 14.3 Å². The molecule has 19 heteroatoms. The van der Waals surface area contributed by atoms with Gasteiger partial charge in [0.25, 0.3) is 0 Å². The molecule has 18 nitrogen and oxygen atoms in total. The summed E-state index contributed by atoms with van der Waals surface area (Å²) in [6.45, 7) is -1.19. The van der Waals surface area contributed by atoms with Crippen molar-refractivity contribution < 1.29 is 49.6 Å². The lowest BCUT2D eigenvalue weighted by atomic mass is 9.97. The van der Waals surface area contributed by atoms with Crippen molar-refractivity contribution in [2.45, 2.75) is 59.6 Å². The van der Waals surface area contributed by atoms with Crippen molar-refractivity contribution in [3.05, 3.63) is 49.1 Å². The lowest BCUT2D eigenvalue weighted by Crippen LogP contribution is -2.58. The van der Waals surface area contributed by atoms with Crippen LogP contribution in [0, 0.1) is 0 Å². The zero-order chi connectivity index (χ0) is 33.2. The number of aliphatic hydroxyl groups is 6. The molecule has 0 aromatic carbocycles. The normalized spacial score (nSPS) is 31.1. The largest absolute Gasteiger partial charge is 0.495 e. The van der Waals surface area contributed by atoms with Crippen LogP contribution in [0.4, 0.5) is 0 Å². The fraction of sp³-hybridized carbons (Fsp3) is 0.500. The van der Waals surface area contributed by atoms with Crippen molar-refractivity contribution in [2.75, 3.05) is 27.4 Å². The van der Waals surface area contributed by atoms with Gasteiger partial charge in [-0.2, -0.15) is 0 Å². The van der Waals surface area contributed by atoms with Crippen LogP contribution in [0.1, 0.15) is 12.1 Å². The van der Waals surface area contributed by atoms with E-state index in [2.05, 4.69) is 30.6 Å². The fourth-order valence-corrected chi connectivity index (χ4v) is 6.84. The Morgan fingerprint density at radius 3 is 1.79 bits per heavy atom. The molecule has 10 atom stereocenters. The Morgan fingerprint density at radius 1 is 0.702 bits per heavy atom. The lowest BCUT2D eigenvalue weighted by molar-refractivity contribution is -0.189. The van der Waals surface area contributed by atoms with E-state index in [4.69, 9.17) is 18.9 Å². The van der Waals surface area contributed by atoms with Crippen LogP contribution in [-0.4, -0.2) is 146 Å². The zero-order valence-corrected chi connectivity index (χ0v) is 25.9. The summed E-state index contributed by atoms with van der Waals surface area (Å²) in [6.07, 6.45) is -1.95. The Hall–Kier alpha value is -3.79. The summed E-state index contributed by atoms with van der Waals surface area (Å²) < 4.78 is 24.5. The van der Waals surface area contributed by atoms with Crippen molar-refractivity contribution >= 4 is 11.8 Å². The van der Waals surface area contributed by atoms with Crippen molar-refractivity contribution in [3.63, 3.8) is 0 Å². The predicted molar refractivity (Wildman–Crippen MR) is 161 cm³/mol. The molecule has 6 heterocycles. The van der Waals surface area contributed by atoms with Crippen LogP contribution in [0.15, 0.2) is 49.1 Å². The fourth-order valence-electron chi connectivity index (χ4n) is 5.52. The molecular formula is C28H34N8O10S. The van der Waals surface area contributed by atoms with Gasteiger partial charge in [-0.05, 0) is 18.2 Å². The number of hydrogen-bond acceptors (Lipinski definition) is 17. The van der Waals surface area contributed by atoms with Gasteiger partial charge in [0.1, 0.15) is 76.7 Å². The molecule has 0 bridgehead atoms. The zero-order valence-electron chi connectivity index (χ0n) is 25.1. The highest BCUT2D eigenvalue weighted by atomic mass is 32.2. The second kappa shape index (κ2) is 14.1. The molecule has 0 spiro atoms. The van der Waals surface area contributed by atoms with E-state index in [9.17, 15) is 30.6 Å². The highest BCUT2D eigenvalue weighted by Crippen LogP contribution is 2.42. The number of ether oxygens (including phenoxy) is 4. The average molecular weight is 675 g/mol. The highest BCUT2D eigenvalue weighted by Gasteiger charge is 2.51. The lowest BCUT2D eigenvalue weighted by Gasteiger charge is -2.46. The minimum Gasteiger partial charge on any atom is -0.495 e. The van der Waals surface area contributed by atoms with E-state index < -0.39 is 72.8 Å². The summed E-state index contributed by atoms with van der Waals surface area (Å²) in [5.74, 6) is 0.956. The number of nitrogens with zero attached hydrogens (tertiary/aromatic N) is 8. The number of hydrogen-bond donors (Lipinski definition) is 6. The van der Waals surface area contributed by atoms with E-state index in [1.165, 1.54) is 48.4 Å². The Balaban J connectivity index is 1.23. The molecule has 2 aliphatic heterocycles. The summed E-state index contributed by atoms with van der Waals surface area (Å²) in [5, 5.41) is 81.6. The van der Waals surface area contributed by atoms with Gasteiger partial charge in [-0.1, -0.05) is 22.2 Å². The van der Waals surface area contributed by atoms with Gasteiger partial charge < -0.3 is 49.6 Å².